The number of para-hydroxylation sites is 2. The average molecular weight is 317 g/mol. The number of benzene rings is 2. The van der Waals surface area contributed by atoms with E-state index in [9.17, 15) is 0 Å². The van der Waals surface area contributed by atoms with Crippen molar-refractivity contribution in [2.45, 2.75) is 19.3 Å². The highest BCUT2D eigenvalue weighted by molar-refractivity contribution is 6.06. The highest BCUT2D eigenvalue weighted by Gasteiger charge is 2.20. The Morgan fingerprint density at radius 1 is 0.875 bits per heavy atom. The molecule has 122 valence electrons. The SMILES string of the molecule is Cn1c(N2CCCCC2)c(C=Nc2ccccc2)c2ccccc21. The van der Waals surface area contributed by atoms with Gasteiger partial charge in [0, 0.05) is 37.3 Å². The van der Waals surface area contributed by atoms with E-state index in [0.29, 0.717) is 0 Å². The summed E-state index contributed by atoms with van der Waals surface area (Å²) in [4.78, 5) is 7.25. The van der Waals surface area contributed by atoms with Gasteiger partial charge in [-0.05, 0) is 37.5 Å². The number of anilines is 1. The topological polar surface area (TPSA) is 20.5 Å². The van der Waals surface area contributed by atoms with E-state index in [1.807, 2.05) is 36.5 Å². The van der Waals surface area contributed by atoms with E-state index < -0.39 is 0 Å². The Kier molecular flexibility index (Phi) is 4.08. The van der Waals surface area contributed by atoms with E-state index in [4.69, 9.17) is 4.99 Å². The molecule has 0 aliphatic carbocycles. The quantitative estimate of drug-likeness (QED) is 0.628. The monoisotopic (exact) mass is 317 g/mol. The molecule has 0 amide bonds. The van der Waals surface area contributed by atoms with Crippen LogP contribution in [0.25, 0.3) is 10.9 Å². The van der Waals surface area contributed by atoms with E-state index >= 15 is 0 Å². The maximum atomic E-state index is 4.73. The third-order valence-electron chi connectivity index (χ3n) is 4.87. The van der Waals surface area contributed by atoms with Gasteiger partial charge in [-0.1, -0.05) is 36.4 Å². The molecule has 0 spiro atoms. The van der Waals surface area contributed by atoms with Crippen LogP contribution in [0.3, 0.4) is 0 Å². The van der Waals surface area contributed by atoms with Crippen LogP contribution in [0.1, 0.15) is 24.8 Å². The first kappa shape index (κ1) is 15.0. The highest BCUT2D eigenvalue weighted by Crippen LogP contribution is 2.32. The molecule has 3 nitrogen and oxygen atoms in total. The minimum Gasteiger partial charge on any atom is -0.357 e. The number of hydrogen-bond acceptors (Lipinski definition) is 2. The predicted molar refractivity (Wildman–Crippen MR) is 103 cm³/mol. The Morgan fingerprint density at radius 3 is 2.38 bits per heavy atom. The van der Waals surface area contributed by atoms with Gasteiger partial charge in [0.2, 0.25) is 0 Å². The van der Waals surface area contributed by atoms with Gasteiger partial charge in [-0.3, -0.25) is 4.99 Å². The van der Waals surface area contributed by atoms with Crippen LogP contribution in [0.15, 0.2) is 59.6 Å². The van der Waals surface area contributed by atoms with Crippen molar-refractivity contribution < 1.29 is 0 Å². The lowest BCUT2D eigenvalue weighted by Crippen LogP contribution is -2.31. The van der Waals surface area contributed by atoms with E-state index in [1.54, 1.807) is 0 Å². The molecule has 24 heavy (non-hydrogen) atoms. The maximum Gasteiger partial charge on any atom is 0.118 e. The molecule has 1 fully saturated rings. The number of rotatable bonds is 3. The molecule has 0 saturated carbocycles. The van der Waals surface area contributed by atoms with Gasteiger partial charge in [0.1, 0.15) is 5.82 Å². The van der Waals surface area contributed by atoms with Crippen molar-refractivity contribution in [2.24, 2.45) is 12.0 Å². The largest absolute Gasteiger partial charge is 0.357 e. The summed E-state index contributed by atoms with van der Waals surface area (Å²) in [6.45, 7) is 2.27. The van der Waals surface area contributed by atoms with Gasteiger partial charge in [-0.25, -0.2) is 0 Å². The molecule has 3 heteroatoms. The molecular formula is C21H23N3. The summed E-state index contributed by atoms with van der Waals surface area (Å²) < 4.78 is 2.33. The van der Waals surface area contributed by atoms with Crippen LogP contribution in [-0.2, 0) is 7.05 Å². The number of aliphatic imine (C=N–C) groups is 1. The van der Waals surface area contributed by atoms with Gasteiger partial charge in [0.15, 0.2) is 0 Å². The summed E-state index contributed by atoms with van der Waals surface area (Å²) in [5.41, 5.74) is 3.50. The first-order valence-electron chi connectivity index (χ1n) is 8.76. The van der Waals surface area contributed by atoms with Crippen molar-refractivity contribution >= 4 is 28.6 Å². The Bertz CT molecular complexity index is 855. The number of piperidine rings is 1. The molecule has 0 bridgehead atoms. The molecule has 0 atom stereocenters. The van der Waals surface area contributed by atoms with Crippen molar-refractivity contribution in [1.82, 2.24) is 4.57 Å². The lowest BCUT2D eigenvalue weighted by Gasteiger charge is -2.29. The van der Waals surface area contributed by atoms with Crippen LogP contribution in [0.2, 0.25) is 0 Å². The molecule has 1 aliphatic rings. The molecule has 4 rings (SSSR count). The predicted octanol–water partition coefficient (Wildman–Crippen LogP) is 4.92. The van der Waals surface area contributed by atoms with E-state index in [2.05, 4.69) is 40.8 Å². The van der Waals surface area contributed by atoms with Crippen molar-refractivity contribution in [2.75, 3.05) is 18.0 Å². The smallest absolute Gasteiger partial charge is 0.118 e. The fraction of sp³-hybridized carbons (Fsp3) is 0.286. The van der Waals surface area contributed by atoms with Crippen LogP contribution >= 0.6 is 0 Å². The van der Waals surface area contributed by atoms with Crippen molar-refractivity contribution in [3.05, 3.63) is 60.2 Å². The molecule has 1 aromatic heterocycles. The molecule has 0 unspecified atom stereocenters. The van der Waals surface area contributed by atoms with Gasteiger partial charge >= 0.3 is 0 Å². The number of nitrogens with zero attached hydrogens (tertiary/aromatic N) is 3. The van der Waals surface area contributed by atoms with Crippen LogP contribution < -0.4 is 4.90 Å². The maximum absolute atomic E-state index is 4.73. The van der Waals surface area contributed by atoms with Gasteiger partial charge < -0.3 is 9.47 Å². The molecule has 2 heterocycles. The molecule has 0 radical (unpaired) electrons. The first-order chi connectivity index (χ1) is 11.8. The summed E-state index contributed by atoms with van der Waals surface area (Å²) in [7, 11) is 2.17. The highest BCUT2D eigenvalue weighted by atomic mass is 15.2. The summed E-state index contributed by atoms with van der Waals surface area (Å²) >= 11 is 0. The van der Waals surface area contributed by atoms with E-state index in [1.165, 1.54) is 41.5 Å². The summed E-state index contributed by atoms with van der Waals surface area (Å²) in [6.07, 6.45) is 5.93. The number of aryl methyl sites for hydroxylation is 1. The van der Waals surface area contributed by atoms with Gasteiger partial charge in [-0.15, -0.1) is 0 Å². The Balaban J connectivity index is 1.84. The van der Waals surface area contributed by atoms with Crippen molar-refractivity contribution in [3.63, 3.8) is 0 Å². The van der Waals surface area contributed by atoms with Crippen LogP contribution in [0, 0.1) is 0 Å². The third kappa shape index (κ3) is 2.71. The second-order valence-electron chi connectivity index (χ2n) is 6.45. The third-order valence-corrected chi connectivity index (χ3v) is 4.87. The number of aromatic nitrogens is 1. The molecule has 1 saturated heterocycles. The second-order valence-corrected chi connectivity index (χ2v) is 6.45. The number of hydrogen-bond donors (Lipinski definition) is 0. The van der Waals surface area contributed by atoms with E-state index in [0.717, 1.165) is 18.8 Å². The van der Waals surface area contributed by atoms with Gasteiger partial charge in [0.05, 0.1) is 11.2 Å². The number of fused-ring (bicyclic) bond motifs is 1. The first-order valence-corrected chi connectivity index (χ1v) is 8.76. The van der Waals surface area contributed by atoms with Crippen molar-refractivity contribution in [1.29, 1.82) is 0 Å². The van der Waals surface area contributed by atoms with Gasteiger partial charge in [-0.2, -0.15) is 0 Å². The van der Waals surface area contributed by atoms with Gasteiger partial charge in [0.25, 0.3) is 0 Å². The molecule has 3 aromatic rings. The molecule has 0 N–H and O–H groups in total. The lowest BCUT2D eigenvalue weighted by molar-refractivity contribution is 0.568. The Labute approximate surface area is 143 Å². The summed E-state index contributed by atoms with van der Waals surface area (Å²) in [5.74, 6) is 1.30. The lowest BCUT2D eigenvalue weighted by atomic mass is 10.1. The van der Waals surface area contributed by atoms with Crippen LogP contribution in [0.5, 0.6) is 0 Å². The fourth-order valence-corrected chi connectivity index (χ4v) is 3.68. The van der Waals surface area contributed by atoms with Crippen molar-refractivity contribution in [3.8, 4) is 0 Å². The summed E-state index contributed by atoms with van der Waals surface area (Å²) in [6, 6.07) is 18.8. The normalized spacial score (nSPS) is 15.5. The van der Waals surface area contributed by atoms with Crippen LogP contribution in [0.4, 0.5) is 11.5 Å². The molecule has 2 aromatic carbocycles. The minimum atomic E-state index is 0.995. The zero-order valence-electron chi connectivity index (χ0n) is 14.2. The molecule has 1 aliphatic heterocycles. The standard InChI is InChI=1S/C21H23N3/c1-23-20-13-7-6-12-18(20)19(16-22-17-10-4-2-5-11-17)21(23)24-14-8-3-9-15-24/h2,4-7,10-13,16H,3,8-9,14-15H2,1H3. The minimum absolute atomic E-state index is 0.995. The molecular weight excluding hydrogens is 294 g/mol. The zero-order valence-corrected chi connectivity index (χ0v) is 14.2. The van der Waals surface area contributed by atoms with E-state index in [-0.39, 0.29) is 0 Å². The Morgan fingerprint density at radius 2 is 1.58 bits per heavy atom. The Hall–Kier alpha value is -2.55. The fourth-order valence-electron chi connectivity index (χ4n) is 3.68. The zero-order chi connectivity index (χ0) is 16.4. The van der Waals surface area contributed by atoms with Crippen LogP contribution in [-0.4, -0.2) is 23.9 Å². The average Bonchev–Trinajstić information content (AvgIpc) is 2.94. The summed E-state index contributed by atoms with van der Waals surface area (Å²) in [5, 5.41) is 1.28. The second kappa shape index (κ2) is 6.52.